The summed E-state index contributed by atoms with van der Waals surface area (Å²) in [6.07, 6.45) is 6.77. The lowest BCUT2D eigenvalue weighted by Crippen LogP contribution is -2.15. The minimum atomic E-state index is 1.14. The van der Waals surface area contributed by atoms with Gasteiger partial charge in [-0.15, -0.1) is 11.3 Å². The third kappa shape index (κ3) is 5.01. The van der Waals surface area contributed by atoms with E-state index in [-0.39, 0.29) is 0 Å². The van der Waals surface area contributed by atoms with Crippen LogP contribution in [0.2, 0.25) is 0 Å². The maximum Gasteiger partial charge on any atom is 0.0924 e. The van der Waals surface area contributed by atoms with Crippen LogP contribution in [0.25, 0.3) is 0 Å². The highest BCUT2D eigenvalue weighted by Gasteiger charge is 1.94. The van der Waals surface area contributed by atoms with Crippen LogP contribution >= 0.6 is 11.3 Å². The maximum atomic E-state index is 4.25. The highest BCUT2D eigenvalue weighted by molar-refractivity contribution is 7.09. The summed E-state index contributed by atoms with van der Waals surface area (Å²) in [4.78, 5) is 4.25. The Hall–Kier alpha value is -0.410. The molecule has 1 aromatic heterocycles. The first-order valence-corrected chi connectivity index (χ1v) is 5.90. The SMILES string of the molecule is CCCNCCCCc1nccs1. The molecule has 0 aliphatic heterocycles. The van der Waals surface area contributed by atoms with E-state index in [0.29, 0.717) is 0 Å². The number of aromatic nitrogens is 1. The Kier molecular flexibility index (Phi) is 5.78. The smallest absolute Gasteiger partial charge is 0.0924 e. The van der Waals surface area contributed by atoms with Gasteiger partial charge in [0, 0.05) is 11.6 Å². The lowest BCUT2D eigenvalue weighted by molar-refractivity contribution is 0.616. The molecule has 0 spiro atoms. The number of unbranched alkanes of at least 4 members (excludes halogenated alkanes) is 1. The Morgan fingerprint density at radius 1 is 1.38 bits per heavy atom. The molecule has 0 bridgehead atoms. The molecule has 0 unspecified atom stereocenters. The third-order valence-electron chi connectivity index (χ3n) is 1.90. The molecule has 0 fully saturated rings. The van der Waals surface area contributed by atoms with E-state index in [9.17, 15) is 0 Å². The minimum absolute atomic E-state index is 1.14. The van der Waals surface area contributed by atoms with Crippen LogP contribution in [0.3, 0.4) is 0 Å². The van der Waals surface area contributed by atoms with E-state index in [4.69, 9.17) is 0 Å². The third-order valence-corrected chi connectivity index (χ3v) is 2.74. The molecule has 13 heavy (non-hydrogen) atoms. The topological polar surface area (TPSA) is 24.9 Å². The quantitative estimate of drug-likeness (QED) is 0.681. The van der Waals surface area contributed by atoms with E-state index < -0.39 is 0 Å². The lowest BCUT2D eigenvalue weighted by Gasteiger charge is -2.01. The average Bonchev–Trinajstić information content (AvgIpc) is 2.63. The summed E-state index contributed by atoms with van der Waals surface area (Å²) in [5, 5.41) is 6.72. The monoisotopic (exact) mass is 198 g/mol. The number of hydrogen-bond acceptors (Lipinski definition) is 3. The molecule has 2 nitrogen and oxygen atoms in total. The second-order valence-corrected chi connectivity index (χ2v) is 4.11. The predicted molar refractivity (Wildman–Crippen MR) is 58.2 cm³/mol. The van der Waals surface area contributed by atoms with Crippen molar-refractivity contribution in [1.29, 1.82) is 0 Å². The molecule has 1 rings (SSSR count). The number of nitrogens with one attached hydrogen (secondary N) is 1. The van der Waals surface area contributed by atoms with Gasteiger partial charge in [0.05, 0.1) is 5.01 Å². The molecule has 0 saturated heterocycles. The molecule has 3 heteroatoms. The number of hydrogen-bond donors (Lipinski definition) is 1. The first-order valence-electron chi connectivity index (χ1n) is 5.02. The van der Waals surface area contributed by atoms with Crippen molar-refractivity contribution in [1.82, 2.24) is 10.3 Å². The van der Waals surface area contributed by atoms with Crippen molar-refractivity contribution in [3.05, 3.63) is 16.6 Å². The Morgan fingerprint density at radius 3 is 3.00 bits per heavy atom. The Morgan fingerprint density at radius 2 is 2.31 bits per heavy atom. The van der Waals surface area contributed by atoms with Gasteiger partial charge in [-0.3, -0.25) is 0 Å². The van der Waals surface area contributed by atoms with Crippen molar-refractivity contribution in [2.45, 2.75) is 32.6 Å². The van der Waals surface area contributed by atoms with Gasteiger partial charge < -0.3 is 5.32 Å². The van der Waals surface area contributed by atoms with Crippen LogP contribution in [0.5, 0.6) is 0 Å². The summed E-state index contributed by atoms with van der Waals surface area (Å²) in [7, 11) is 0. The van der Waals surface area contributed by atoms with Gasteiger partial charge in [0.2, 0.25) is 0 Å². The summed E-state index contributed by atoms with van der Waals surface area (Å²) in [6, 6.07) is 0. The van der Waals surface area contributed by atoms with Gasteiger partial charge in [0.1, 0.15) is 0 Å². The fourth-order valence-corrected chi connectivity index (χ4v) is 1.87. The average molecular weight is 198 g/mol. The Balaban J connectivity index is 1.90. The zero-order valence-corrected chi connectivity index (χ0v) is 9.07. The van der Waals surface area contributed by atoms with Gasteiger partial charge in [-0.2, -0.15) is 0 Å². The molecule has 1 heterocycles. The normalized spacial score (nSPS) is 10.5. The lowest BCUT2D eigenvalue weighted by atomic mass is 10.2. The van der Waals surface area contributed by atoms with Crippen LogP contribution in [0.15, 0.2) is 11.6 Å². The first-order chi connectivity index (χ1) is 6.43. The Labute approximate surface area is 84.4 Å². The van der Waals surface area contributed by atoms with Crippen LogP contribution < -0.4 is 5.32 Å². The molecule has 1 aromatic rings. The van der Waals surface area contributed by atoms with Crippen molar-refractivity contribution < 1.29 is 0 Å². The summed E-state index contributed by atoms with van der Waals surface area (Å²) in [6.45, 7) is 4.50. The van der Waals surface area contributed by atoms with E-state index in [1.54, 1.807) is 11.3 Å². The zero-order valence-electron chi connectivity index (χ0n) is 8.25. The highest BCUT2D eigenvalue weighted by atomic mass is 32.1. The summed E-state index contributed by atoms with van der Waals surface area (Å²) in [5.74, 6) is 0. The van der Waals surface area contributed by atoms with Crippen LogP contribution in [-0.2, 0) is 6.42 Å². The van der Waals surface area contributed by atoms with Crippen molar-refractivity contribution in [2.24, 2.45) is 0 Å². The van der Waals surface area contributed by atoms with E-state index >= 15 is 0 Å². The first kappa shape index (κ1) is 10.7. The van der Waals surface area contributed by atoms with E-state index in [1.165, 1.54) is 24.3 Å². The van der Waals surface area contributed by atoms with Crippen molar-refractivity contribution in [3.8, 4) is 0 Å². The van der Waals surface area contributed by atoms with Gasteiger partial charge in [-0.1, -0.05) is 6.92 Å². The molecular weight excluding hydrogens is 180 g/mol. The molecule has 0 atom stereocenters. The van der Waals surface area contributed by atoms with Gasteiger partial charge in [-0.05, 0) is 38.8 Å². The van der Waals surface area contributed by atoms with E-state index in [0.717, 1.165) is 19.5 Å². The zero-order chi connectivity index (χ0) is 9.36. The second kappa shape index (κ2) is 7.04. The van der Waals surface area contributed by atoms with E-state index in [2.05, 4.69) is 17.2 Å². The van der Waals surface area contributed by atoms with Gasteiger partial charge in [0.25, 0.3) is 0 Å². The van der Waals surface area contributed by atoms with Crippen LogP contribution in [0.1, 0.15) is 31.2 Å². The molecule has 74 valence electrons. The molecule has 0 amide bonds. The van der Waals surface area contributed by atoms with E-state index in [1.807, 2.05) is 11.6 Å². The molecule has 1 N–H and O–H groups in total. The minimum Gasteiger partial charge on any atom is -0.317 e. The predicted octanol–water partition coefficient (Wildman–Crippen LogP) is 2.47. The van der Waals surface area contributed by atoms with Gasteiger partial charge >= 0.3 is 0 Å². The Bertz CT molecular complexity index is 197. The molecular formula is C10H18N2S. The standard InChI is InChI=1S/C10H18N2S/c1-2-6-11-7-4-3-5-10-12-8-9-13-10/h8-9,11H,2-7H2,1H3. The summed E-state index contributed by atoms with van der Waals surface area (Å²) in [5.41, 5.74) is 0. The largest absolute Gasteiger partial charge is 0.317 e. The highest BCUT2D eigenvalue weighted by Crippen LogP contribution is 2.07. The van der Waals surface area contributed by atoms with Gasteiger partial charge in [-0.25, -0.2) is 4.98 Å². The van der Waals surface area contributed by atoms with Crippen LogP contribution in [0, 0.1) is 0 Å². The van der Waals surface area contributed by atoms with Crippen molar-refractivity contribution >= 4 is 11.3 Å². The van der Waals surface area contributed by atoms with Crippen LogP contribution in [0.4, 0.5) is 0 Å². The van der Waals surface area contributed by atoms with Gasteiger partial charge in [0.15, 0.2) is 0 Å². The fourth-order valence-electron chi connectivity index (χ4n) is 1.20. The summed E-state index contributed by atoms with van der Waals surface area (Å²) < 4.78 is 0. The number of nitrogens with zero attached hydrogens (tertiary/aromatic N) is 1. The fraction of sp³-hybridized carbons (Fsp3) is 0.700. The second-order valence-electron chi connectivity index (χ2n) is 3.13. The molecule has 0 saturated carbocycles. The van der Waals surface area contributed by atoms with Crippen LogP contribution in [-0.4, -0.2) is 18.1 Å². The number of thiazole rings is 1. The van der Waals surface area contributed by atoms with Crippen molar-refractivity contribution in [2.75, 3.05) is 13.1 Å². The van der Waals surface area contributed by atoms with Crippen molar-refractivity contribution in [3.63, 3.8) is 0 Å². The molecule has 0 radical (unpaired) electrons. The number of aryl methyl sites for hydroxylation is 1. The number of rotatable bonds is 7. The summed E-state index contributed by atoms with van der Waals surface area (Å²) >= 11 is 1.76. The molecule has 0 aliphatic carbocycles. The maximum absolute atomic E-state index is 4.25. The molecule has 0 aromatic carbocycles. The molecule has 0 aliphatic rings.